The highest BCUT2D eigenvalue weighted by Crippen LogP contribution is 2.22. The van der Waals surface area contributed by atoms with E-state index < -0.39 is 10.8 Å². The summed E-state index contributed by atoms with van der Waals surface area (Å²) >= 11 is 5.90. The van der Waals surface area contributed by atoms with Crippen LogP contribution in [-0.4, -0.2) is 26.7 Å². The highest BCUT2D eigenvalue weighted by Gasteiger charge is 2.12. The number of ether oxygens (including phenoxy) is 1. The van der Waals surface area contributed by atoms with Crippen LogP contribution in [-0.2, 0) is 6.61 Å². The van der Waals surface area contributed by atoms with Gasteiger partial charge in [0, 0.05) is 22.7 Å². The van der Waals surface area contributed by atoms with Gasteiger partial charge < -0.3 is 4.74 Å². The SMILES string of the molecule is CC(=NNC(=O)c1cc(-c2ccc(OCc3ccc(Cl)cc3)cc2)n[nH]1)c1ccc([N+](=O)[O-])cc1. The number of benzene rings is 3. The standard InChI is InChI=1S/C25H20ClN5O4/c1-16(18-4-10-21(11-5-18)31(33)34)27-30-25(32)24-14-23(28-29-24)19-6-12-22(13-7-19)35-15-17-2-8-20(26)9-3-17/h2-14H,15H2,1H3,(H,28,29)(H,30,32). The van der Waals surface area contributed by atoms with Gasteiger partial charge in [-0.3, -0.25) is 20.0 Å². The Balaban J connectivity index is 1.35. The lowest BCUT2D eigenvalue weighted by Gasteiger charge is -2.07. The van der Waals surface area contributed by atoms with E-state index in [1.807, 2.05) is 48.5 Å². The molecule has 0 aliphatic heterocycles. The summed E-state index contributed by atoms with van der Waals surface area (Å²) in [4.78, 5) is 22.7. The summed E-state index contributed by atoms with van der Waals surface area (Å²) in [5.41, 5.74) is 6.25. The van der Waals surface area contributed by atoms with Crippen LogP contribution in [0, 0.1) is 10.1 Å². The van der Waals surface area contributed by atoms with Crippen LogP contribution in [0.1, 0.15) is 28.5 Å². The van der Waals surface area contributed by atoms with E-state index >= 15 is 0 Å². The zero-order valence-electron chi connectivity index (χ0n) is 18.6. The van der Waals surface area contributed by atoms with Crippen LogP contribution in [0.4, 0.5) is 5.69 Å². The van der Waals surface area contributed by atoms with Gasteiger partial charge in [-0.2, -0.15) is 10.2 Å². The molecule has 0 spiro atoms. The third-order valence-corrected chi connectivity index (χ3v) is 5.36. The Hall–Kier alpha value is -4.50. The largest absolute Gasteiger partial charge is 0.489 e. The molecule has 10 heteroatoms. The van der Waals surface area contributed by atoms with E-state index in [0.717, 1.165) is 11.1 Å². The van der Waals surface area contributed by atoms with Crippen LogP contribution in [0.25, 0.3) is 11.3 Å². The number of rotatable bonds is 8. The molecule has 3 aromatic carbocycles. The Morgan fingerprint density at radius 3 is 2.43 bits per heavy atom. The van der Waals surface area contributed by atoms with E-state index in [9.17, 15) is 14.9 Å². The molecule has 0 saturated heterocycles. The molecule has 35 heavy (non-hydrogen) atoms. The topological polar surface area (TPSA) is 123 Å². The van der Waals surface area contributed by atoms with Gasteiger partial charge in [0.25, 0.3) is 11.6 Å². The van der Waals surface area contributed by atoms with Crippen molar-refractivity contribution in [3.63, 3.8) is 0 Å². The van der Waals surface area contributed by atoms with Crippen molar-refractivity contribution in [3.8, 4) is 17.0 Å². The van der Waals surface area contributed by atoms with Gasteiger partial charge in [-0.1, -0.05) is 23.7 Å². The summed E-state index contributed by atoms with van der Waals surface area (Å²) in [5.74, 6) is 0.237. The average molecular weight is 490 g/mol. The molecule has 0 radical (unpaired) electrons. The first-order valence-electron chi connectivity index (χ1n) is 10.5. The van der Waals surface area contributed by atoms with Gasteiger partial charge in [-0.05, 0) is 72.6 Å². The van der Waals surface area contributed by atoms with Gasteiger partial charge in [0.15, 0.2) is 0 Å². The predicted octanol–water partition coefficient (Wildman–Crippen LogP) is 5.37. The van der Waals surface area contributed by atoms with Crippen LogP contribution in [0.15, 0.2) is 84.0 Å². The molecule has 0 unspecified atom stereocenters. The summed E-state index contributed by atoms with van der Waals surface area (Å²) < 4.78 is 5.79. The maximum absolute atomic E-state index is 12.5. The molecule has 0 aliphatic carbocycles. The zero-order valence-corrected chi connectivity index (χ0v) is 19.3. The fourth-order valence-corrected chi connectivity index (χ4v) is 3.26. The monoisotopic (exact) mass is 489 g/mol. The summed E-state index contributed by atoms with van der Waals surface area (Å²) in [7, 11) is 0. The lowest BCUT2D eigenvalue weighted by molar-refractivity contribution is -0.384. The molecule has 0 saturated carbocycles. The second-order valence-electron chi connectivity index (χ2n) is 7.55. The van der Waals surface area contributed by atoms with Crippen LogP contribution in [0.5, 0.6) is 5.75 Å². The van der Waals surface area contributed by atoms with Gasteiger partial charge in [0.05, 0.1) is 16.3 Å². The number of halogens is 1. The number of nitro groups is 1. The second-order valence-corrected chi connectivity index (χ2v) is 7.98. The van der Waals surface area contributed by atoms with Crippen molar-refractivity contribution in [2.24, 2.45) is 5.10 Å². The molecule has 4 rings (SSSR count). The van der Waals surface area contributed by atoms with E-state index in [0.29, 0.717) is 34.3 Å². The number of amides is 1. The maximum atomic E-state index is 12.5. The molecule has 2 N–H and O–H groups in total. The first-order chi connectivity index (χ1) is 16.9. The number of hydrogen-bond donors (Lipinski definition) is 2. The molecule has 1 heterocycles. The zero-order chi connectivity index (χ0) is 24.8. The lowest BCUT2D eigenvalue weighted by Crippen LogP contribution is -2.19. The molecule has 0 atom stereocenters. The number of aromatic nitrogens is 2. The van der Waals surface area contributed by atoms with Crippen molar-refractivity contribution in [1.29, 1.82) is 0 Å². The van der Waals surface area contributed by atoms with Gasteiger partial charge in [0.1, 0.15) is 18.1 Å². The summed E-state index contributed by atoms with van der Waals surface area (Å²) in [6.45, 7) is 2.11. The normalized spacial score (nSPS) is 11.2. The Morgan fingerprint density at radius 1 is 1.09 bits per heavy atom. The van der Waals surface area contributed by atoms with E-state index in [4.69, 9.17) is 16.3 Å². The molecule has 0 aliphatic rings. The van der Waals surface area contributed by atoms with E-state index in [-0.39, 0.29) is 11.4 Å². The Bertz CT molecular complexity index is 1360. The smallest absolute Gasteiger partial charge is 0.289 e. The van der Waals surface area contributed by atoms with E-state index in [1.165, 1.54) is 12.1 Å². The molecule has 4 aromatic rings. The first kappa shape index (κ1) is 23.7. The molecule has 1 amide bonds. The number of nitrogens with zero attached hydrogens (tertiary/aromatic N) is 3. The first-order valence-corrected chi connectivity index (χ1v) is 10.9. The van der Waals surface area contributed by atoms with Gasteiger partial charge in [0.2, 0.25) is 0 Å². The predicted molar refractivity (Wildman–Crippen MR) is 133 cm³/mol. The molecule has 176 valence electrons. The van der Waals surface area contributed by atoms with Gasteiger partial charge >= 0.3 is 0 Å². The molecule has 0 fully saturated rings. The lowest BCUT2D eigenvalue weighted by atomic mass is 10.1. The molecule has 9 nitrogen and oxygen atoms in total. The third-order valence-electron chi connectivity index (χ3n) is 5.11. The van der Waals surface area contributed by atoms with Crippen molar-refractivity contribution < 1.29 is 14.5 Å². The molecular formula is C25H20ClN5O4. The fraction of sp³-hybridized carbons (Fsp3) is 0.0800. The third kappa shape index (κ3) is 6.10. The number of hydrazone groups is 1. The van der Waals surface area contributed by atoms with Crippen molar-refractivity contribution in [3.05, 3.63) is 111 Å². The Kier molecular flexibility index (Phi) is 7.18. The van der Waals surface area contributed by atoms with Crippen molar-refractivity contribution in [1.82, 2.24) is 15.6 Å². The van der Waals surface area contributed by atoms with Crippen molar-refractivity contribution >= 4 is 28.9 Å². The highest BCUT2D eigenvalue weighted by atomic mass is 35.5. The number of carbonyl (C=O) groups excluding carboxylic acids is 1. The number of nitrogens with one attached hydrogen (secondary N) is 2. The minimum absolute atomic E-state index is 0.0169. The number of carbonyl (C=O) groups is 1. The molecular weight excluding hydrogens is 470 g/mol. The minimum atomic E-state index is -0.476. The summed E-state index contributed by atoms with van der Waals surface area (Å²) in [6.07, 6.45) is 0. The maximum Gasteiger partial charge on any atom is 0.289 e. The highest BCUT2D eigenvalue weighted by molar-refractivity contribution is 6.30. The average Bonchev–Trinajstić information content (AvgIpc) is 3.37. The van der Waals surface area contributed by atoms with Crippen LogP contribution < -0.4 is 10.2 Å². The summed E-state index contributed by atoms with van der Waals surface area (Å²) in [6, 6.07) is 22.3. The van der Waals surface area contributed by atoms with Crippen LogP contribution in [0.2, 0.25) is 5.02 Å². The Labute approximate surface area is 205 Å². The minimum Gasteiger partial charge on any atom is -0.489 e. The number of nitro benzene ring substituents is 1. The number of hydrogen-bond acceptors (Lipinski definition) is 6. The van der Waals surface area contributed by atoms with Gasteiger partial charge in [-0.15, -0.1) is 0 Å². The fourth-order valence-electron chi connectivity index (χ4n) is 3.14. The van der Waals surface area contributed by atoms with Crippen molar-refractivity contribution in [2.75, 3.05) is 0 Å². The molecule has 1 aromatic heterocycles. The number of aromatic amines is 1. The summed E-state index contributed by atoms with van der Waals surface area (Å²) in [5, 5.41) is 22.4. The van der Waals surface area contributed by atoms with Crippen LogP contribution in [0.3, 0.4) is 0 Å². The number of non-ortho nitro benzene ring substituents is 1. The Morgan fingerprint density at radius 2 is 1.77 bits per heavy atom. The molecule has 0 bridgehead atoms. The van der Waals surface area contributed by atoms with Crippen molar-refractivity contribution in [2.45, 2.75) is 13.5 Å². The second kappa shape index (κ2) is 10.6. The van der Waals surface area contributed by atoms with Crippen LogP contribution >= 0.6 is 11.6 Å². The number of H-pyrrole nitrogens is 1. The van der Waals surface area contributed by atoms with Gasteiger partial charge in [-0.25, -0.2) is 5.43 Å². The van der Waals surface area contributed by atoms with E-state index in [1.54, 1.807) is 25.1 Å². The quantitative estimate of drug-likeness (QED) is 0.195. The van der Waals surface area contributed by atoms with E-state index in [2.05, 4.69) is 20.7 Å².